The molecule has 6 heteroatoms. The normalized spacial score (nSPS) is 11.9. The summed E-state index contributed by atoms with van der Waals surface area (Å²) < 4.78 is 0. The Labute approximate surface area is 163 Å². The standard InChI is InChI=1S/C22H22N6/c1-14-11-12-17-18(26-14)9-6-10-19(17)28-22-20(23)21(24-13-25-22)27-15(2)16-7-4-3-5-8-16/h3-13,15H,23H2,1-2H3,(H2,24,25,27,28). The SMILES string of the molecule is Cc1ccc2c(Nc3ncnc(NC(C)c4ccccc4)c3N)cccc2n1. The van der Waals surface area contributed by atoms with E-state index in [2.05, 4.69) is 44.6 Å². The van der Waals surface area contributed by atoms with E-state index in [4.69, 9.17) is 5.73 Å². The van der Waals surface area contributed by atoms with E-state index >= 15 is 0 Å². The Morgan fingerprint density at radius 2 is 1.68 bits per heavy atom. The molecule has 0 saturated heterocycles. The van der Waals surface area contributed by atoms with Gasteiger partial charge in [0.05, 0.1) is 11.6 Å². The van der Waals surface area contributed by atoms with Crippen molar-refractivity contribution in [3.05, 3.63) is 78.2 Å². The summed E-state index contributed by atoms with van der Waals surface area (Å²) in [6.45, 7) is 4.05. The second-order valence-electron chi connectivity index (χ2n) is 6.71. The van der Waals surface area contributed by atoms with Crippen LogP contribution in [-0.2, 0) is 0 Å². The first-order valence-corrected chi connectivity index (χ1v) is 9.17. The van der Waals surface area contributed by atoms with Crippen molar-refractivity contribution in [1.29, 1.82) is 0 Å². The predicted octanol–water partition coefficient (Wildman–Crippen LogP) is 4.83. The predicted molar refractivity (Wildman–Crippen MR) is 115 cm³/mol. The molecule has 2 aromatic carbocycles. The number of nitrogens with one attached hydrogen (secondary N) is 2. The van der Waals surface area contributed by atoms with E-state index in [1.54, 1.807) is 0 Å². The molecule has 4 aromatic rings. The fourth-order valence-electron chi connectivity index (χ4n) is 3.13. The summed E-state index contributed by atoms with van der Waals surface area (Å²) in [6.07, 6.45) is 1.51. The molecule has 2 heterocycles. The highest BCUT2D eigenvalue weighted by atomic mass is 15.1. The number of rotatable bonds is 5. The van der Waals surface area contributed by atoms with Gasteiger partial charge in [-0.1, -0.05) is 36.4 Å². The van der Waals surface area contributed by atoms with Crippen LogP contribution in [-0.4, -0.2) is 15.0 Å². The van der Waals surface area contributed by atoms with Crippen molar-refractivity contribution in [2.75, 3.05) is 16.4 Å². The lowest BCUT2D eigenvalue weighted by atomic mass is 10.1. The second-order valence-corrected chi connectivity index (χ2v) is 6.71. The Morgan fingerprint density at radius 1 is 0.893 bits per heavy atom. The Bertz CT molecular complexity index is 1110. The molecule has 0 fully saturated rings. The smallest absolute Gasteiger partial charge is 0.159 e. The molecule has 4 N–H and O–H groups in total. The maximum Gasteiger partial charge on any atom is 0.159 e. The van der Waals surface area contributed by atoms with Crippen LogP contribution >= 0.6 is 0 Å². The number of hydrogen-bond acceptors (Lipinski definition) is 6. The van der Waals surface area contributed by atoms with Gasteiger partial charge in [0.1, 0.15) is 12.0 Å². The number of aryl methyl sites for hydroxylation is 1. The van der Waals surface area contributed by atoms with E-state index in [1.807, 2.05) is 55.5 Å². The number of hydrogen-bond donors (Lipinski definition) is 3. The summed E-state index contributed by atoms with van der Waals surface area (Å²) in [4.78, 5) is 13.2. The molecule has 140 valence electrons. The van der Waals surface area contributed by atoms with Crippen molar-refractivity contribution in [2.24, 2.45) is 0 Å². The second kappa shape index (κ2) is 7.52. The third-order valence-corrected chi connectivity index (χ3v) is 4.66. The number of nitrogens with two attached hydrogens (primary N) is 1. The molecule has 0 spiro atoms. The lowest BCUT2D eigenvalue weighted by molar-refractivity contribution is 0.873. The van der Waals surface area contributed by atoms with Gasteiger partial charge in [-0.2, -0.15) is 0 Å². The molecule has 0 aliphatic carbocycles. The van der Waals surface area contributed by atoms with E-state index in [0.29, 0.717) is 17.3 Å². The quantitative estimate of drug-likeness (QED) is 0.466. The van der Waals surface area contributed by atoms with E-state index < -0.39 is 0 Å². The molecule has 4 rings (SSSR count). The van der Waals surface area contributed by atoms with Gasteiger partial charge >= 0.3 is 0 Å². The number of aromatic nitrogens is 3. The largest absolute Gasteiger partial charge is 0.393 e. The van der Waals surface area contributed by atoms with Gasteiger partial charge in [-0.15, -0.1) is 0 Å². The topological polar surface area (TPSA) is 88.8 Å². The summed E-state index contributed by atoms with van der Waals surface area (Å²) in [5.74, 6) is 1.16. The lowest BCUT2D eigenvalue weighted by Gasteiger charge is -2.18. The molecule has 0 radical (unpaired) electrons. The summed E-state index contributed by atoms with van der Waals surface area (Å²) in [7, 11) is 0. The van der Waals surface area contributed by atoms with E-state index in [9.17, 15) is 0 Å². The van der Waals surface area contributed by atoms with Crippen molar-refractivity contribution in [3.63, 3.8) is 0 Å². The van der Waals surface area contributed by atoms with Gasteiger partial charge in [-0.05, 0) is 43.7 Å². The van der Waals surface area contributed by atoms with Crippen molar-refractivity contribution in [1.82, 2.24) is 15.0 Å². The van der Waals surface area contributed by atoms with E-state index in [0.717, 1.165) is 27.8 Å². The number of nitrogen functional groups attached to an aromatic ring is 1. The molecule has 0 saturated carbocycles. The molecule has 0 aliphatic heterocycles. The zero-order valence-electron chi connectivity index (χ0n) is 15.8. The fraction of sp³-hybridized carbons (Fsp3) is 0.136. The van der Waals surface area contributed by atoms with Gasteiger partial charge in [0.25, 0.3) is 0 Å². The van der Waals surface area contributed by atoms with Crippen LogP contribution in [0.25, 0.3) is 10.9 Å². The fourth-order valence-corrected chi connectivity index (χ4v) is 3.13. The summed E-state index contributed by atoms with van der Waals surface area (Å²) in [6, 6.07) is 20.2. The highest BCUT2D eigenvalue weighted by Gasteiger charge is 2.13. The lowest BCUT2D eigenvalue weighted by Crippen LogP contribution is -2.11. The summed E-state index contributed by atoms with van der Waals surface area (Å²) >= 11 is 0. The van der Waals surface area contributed by atoms with Gasteiger partial charge < -0.3 is 16.4 Å². The van der Waals surface area contributed by atoms with Gasteiger partial charge in [-0.25, -0.2) is 9.97 Å². The Kier molecular flexibility index (Phi) is 4.76. The first kappa shape index (κ1) is 17.7. The van der Waals surface area contributed by atoms with Gasteiger partial charge in [-0.3, -0.25) is 4.98 Å². The third kappa shape index (κ3) is 3.57. The number of anilines is 4. The molecular formula is C22H22N6. The maximum absolute atomic E-state index is 6.36. The van der Waals surface area contributed by atoms with Crippen molar-refractivity contribution in [2.45, 2.75) is 19.9 Å². The van der Waals surface area contributed by atoms with Crippen LogP contribution in [0.15, 0.2) is 67.0 Å². The van der Waals surface area contributed by atoms with Crippen LogP contribution in [0.4, 0.5) is 23.0 Å². The zero-order chi connectivity index (χ0) is 19.5. The molecule has 6 nitrogen and oxygen atoms in total. The van der Waals surface area contributed by atoms with Crippen molar-refractivity contribution < 1.29 is 0 Å². The van der Waals surface area contributed by atoms with Crippen LogP contribution in [0, 0.1) is 6.92 Å². The van der Waals surface area contributed by atoms with Crippen LogP contribution in [0.5, 0.6) is 0 Å². The minimum Gasteiger partial charge on any atom is -0.393 e. The average molecular weight is 370 g/mol. The zero-order valence-corrected chi connectivity index (χ0v) is 15.8. The Morgan fingerprint density at radius 3 is 2.50 bits per heavy atom. The molecule has 0 aliphatic rings. The molecule has 1 unspecified atom stereocenters. The monoisotopic (exact) mass is 370 g/mol. The van der Waals surface area contributed by atoms with Gasteiger partial charge in [0, 0.05) is 16.8 Å². The number of fused-ring (bicyclic) bond motifs is 1. The maximum atomic E-state index is 6.36. The minimum atomic E-state index is 0.0657. The minimum absolute atomic E-state index is 0.0657. The van der Waals surface area contributed by atoms with Crippen LogP contribution in [0.2, 0.25) is 0 Å². The molecule has 0 amide bonds. The number of nitrogens with zero attached hydrogens (tertiary/aromatic N) is 3. The third-order valence-electron chi connectivity index (χ3n) is 4.66. The molecule has 1 atom stereocenters. The van der Waals surface area contributed by atoms with Crippen LogP contribution in [0.3, 0.4) is 0 Å². The van der Waals surface area contributed by atoms with Crippen LogP contribution in [0.1, 0.15) is 24.2 Å². The van der Waals surface area contributed by atoms with E-state index in [-0.39, 0.29) is 6.04 Å². The number of benzene rings is 2. The first-order chi connectivity index (χ1) is 13.6. The van der Waals surface area contributed by atoms with Crippen LogP contribution < -0.4 is 16.4 Å². The van der Waals surface area contributed by atoms with E-state index in [1.165, 1.54) is 6.33 Å². The average Bonchev–Trinajstić information content (AvgIpc) is 2.71. The highest BCUT2D eigenvalue weighted by Crippen LogP contribution is 2.31. The van der Waals surface area contributed by atoms with Crippen molar-refractivity contribution in [3.8, 4) is 0 Å². The Hall–Kier alpha value is -3.67. The van der Waals surface area contributed by atoms with Gasteiger partial charge in [0.2, 0.25) is 0 Å². The van der Waals surface area contributed by atoms with Crippen molar-refractivity contribution >= 4 is 33.9 Å². The van der Waals surface area contributed by atoms with Gasteiger partial charge in [0.15, 0.2) is 11.6 Å². The number of pyridine rings is 1. The summed E-state index contributed by atoms with van der Waals surface area (Å²) in [5.41, 5.74) is 10.8. The first-order valence-electron chi connectivity index (χ1n) is 9.17. The molecular weight excluding hydrogens is 348 g/mol. The molecule has 2 aromatic heterocycles. The Balaban J connectivity index is 1.63. The molecule has 28 heavy (non-hydrogen) atoms. The molecule has 0 bridgehead atoms. The highest BCUT2D eigenvalue weighted by molar-refractivity contribution is 5.94. The summed E-state index contributed by atoms with van der Waals surface area (Å²) in [5, 5.41) is 7.71.